The summed E-state index contributed by atoms with van der Waals surface area (Å²) >= 11 is 1.72. The molecule has 1 rings (SSSR count). The zero-order chi connectivity index (χ0) is 9.52. The SMILES string of the molecule is CCO[C@@H](C/C=N/N)C1CSC=N1. The summed E-state index contributed by atoms with van der Waals surface area (Å²) in [6.07, 6.45) is 2.55. The van der Waals surface area contributed by atoms with Gasteiger partial charge in [0, 0.05) is 25.0 Å². The number of hydrogen-bond acceptors (Lipinski definition) is 5. The molecule has 0 saturated carbocycles. The summed E-state index contributed by atoms with van der Waals surface area (Å²) in [4.78, 5) is 4.32. The summed E-state index contributed by atoms with van der Waals surface area (Å²) in [7, 11) is 0. The minimum absolute atomic E-state index is 0.128. The van der Waals surface area contributed by atoms with E-state index in [0.717, 1.165) is 12.2 Å². The second kappa shape index (κ2) is 5.99. The normalized spacial score (nSPS) is 24.2. The number of nitrogens with two attached hydrogens (primary N) is 1. The van der Waals surface area contributed by atoms with Crippen LogP contribution in [0.4, 0.5) is 0 Å². The molecule has 0 aromatic rings. The molecule has 1 aliphatic rings. The maximum absolute atomic E-state index is 5.55. The van der Waals surface area contributed by atoms with E-state index < -0.39 is 0 Å². The molecule has 1 aliphatic heterocycles. The molecule has 0 radical (unpaired) electrons. The van der Waals surface area contributed by atoms with Crippen molar-refractivity contribution in [1.82, 2.24) is 0 Å². The second-order valence-corrected chi connectivity index (χ2v) is 3.59. The zero-order valence-corrected chi connectivity index (χ0v) is 8.54. The lowest BCUT2D eigenvalue weighted by Crippen LogP contribution is -2.28. The van der Waals surface area contributed by atoms with Gasteiger partial charge >= 0.3 is 0 Å². The molecule has 0 aromatic carbocycles. The lowest BCUT2D eigenvalue weighted by molar-refractivity contribution is 0.0564. The van der Waals surface area contributed by atoms with E-state index in [-0.39, 0.29) is 12.1 Å². The monoisotopic (exact) mass is 201 g/mol. The second-order valence-electron chi connectivity index (χ2n) is 2.72. The largest absolute Gasteiger partial charge is 0.376 e. The Labute approximate surface area is 82.6 Å². The van der Waals surface area contributed by atoms with E-state index in [1.807, 2.05) is 12.5 Å². The molecule has 74 valence electrons. The molecule has 2 N–H and O–H groups in total. The van der Waals surface area contributed by atoms with Gasteiger partial charge in [-0.3, -0.25) is 4.99 Å². The quantitative estimate of drug-likeness (QED) is 0.408. The highest BCUT2D eigenvalue weighted by Gasteiger charge is 2.22. The summed E-state index contributed by atoms with van der Waals surface area (Å²) in [6.45, 7) is 2.69. The first kappa shape index (κ1) is 10.5. The third-order valence-corrected chi connectivity index (χ3v) is 2.65. The van der Waals surface area contributed by atoms with Crippen LogP contribution in [0.25, 0.3) is 0 Å². The Morgan fingerprint density at radius 3 is 3.31 bits per heavy atom. The molecule has 0 bridgehead atoms. The van der Waals surface area contributed by atoms with Crippen molar-refractivity contribution in [3.05, 3.63) is 0 Å². The van der Waals surface area contributed by atoms with Crippen LogP contribution in [0.15, 0.2) is 10.1 Å². The smallest absolute Gasteiger partial charge is 0.0864 e. The number of rotatable bonds is 5. The molecule has 0 saturated heterocycles. The molecule has 0 aromatic heterocycles. The minimum Gasteiger partial charge on any atom is -0.376 e. The van der Waals surface area contributed by atoms with Crippen molar-refractivity contribution in [2.24, 2.45) is 15.9 Å². The third-order valence-electron chi connectivity index (χ3n) is 1.85. The van der Waals surface area contributed by atoms with Crippen molar-refractivity contribution < 1.29 is 4.74 Å². The average molecular weight is 201 g/mol. The first-order chi connectivity index (χ1) is 6.38. The van der Waals surface area contributed by atoms with Crippen molar-refractivity contribution in [3.8, 4) is 0 Å². The molecule has 0 amide bonds. The van der Waals surface area contributed by atoms with E-state index in [0.29, 0.717) is 6.61 Å². The van der Waals surface area contributed by atoms with Gasteiger partial charge in [0.05, 0.1) is 17.7 Å². The minimum atomic E-state index is 0.128. The van der Waals surface area contributed by atoms with E-state index in [2.05, 4.69) is 10.1 Å². The van der Waals surface area contributed by atoms with Crippen LogP contribution in [0.3, 0.4) is 0 Å². The highest BCUT2D eigenvalue weighted by Crippen LogP contribution is 2.18. The molecule has 1 unspecified atom stereocenters. The first-order valence-electron chi connectivity index (χ1n) is 4.35. The van der Waals surface area contributed by atoms with Gasteiger partial charge in [0.2, 0.25) is 0 Å². The lowest BCUT2D eigenvalue weighted by atomic mass is 10.1. The van der Waals surface area contributed by atoms with Crippen LogP contribution in [0, 0.1) is 0 Å². The van der Waals surface area contributed by atoms with Crippen molar-refractivity contribution in [2.75, 3.05) is 12.4 Å². The van der Waals surface area contributed by atoms with E-state index in [1.54, 1.807) is 18.0 Å². The van der Waals surface area contributed by atoms with Gasteiger partial charge < -0.3 is 10.6 Å². The summed E-state index contributed by atoms with van der Waals surface area (Å²) in [5.74, 6) is 6.04. The van der Waals surface area contributed by atoms with Gasteiger partial charge in [-0.15, -0.1) is 11.8 Å². The van der Waals surface area contributed by atoms with Crippen LogP contribution in [0.5, 0.6) is 0 Å². The fourth-order valence-corrected chi connectivity index (χ4v) is 2.05. The molecule has 0 aliphatic carbocycles. The number of hydrazone groups is 1. The van der Waals surface area contributed by atoms with E-state index in [4.69, 9.17) is 10.6 Å². The molecule has 0 spiro atoms. The third kappa shape index (κ3) is 3.36. The Kier molecular flexibility index (Phi) is 4.85. The Balaban J connectivity index is 2.40. The highest BCUT2D eigenvalue weighted by atomic mass is 32.2. The van der Waals surface area contributed by atoms with Gasteiger partial charge in [-0.1, -0.05) is 0 Å². The number of nitrogens with zero attached hydrogens (tertiary/aromatic N) is 2. The van der Waals surface area contributed by atoms with E-state index in [9.17, 15) is 0 Å². The first-order valence-corrected chi connectivity index (χ1v) is 5.40. The predicted octanol–water partition coefficient (Wildman–Crippen LogP) is 0.870. The average Bonchev–Trinajstić information content (AvgIpc) is 2.65. The van der Waals surface area contributed by atoms with Crippen LogP contribution >= 0.6 is 11.8 Å². The lowest BCUT2D eigenvalue weighted by Gasteiger charge is -2.18. The van der Waals surface area contributed by atoms with Gasteiger partial charge in [-0.05, 0) is 6.92 Å². The molecular weight excluding hydrogens is 186 g/mol. The Hall–Kier alpha value is -0.550. The highest BCUT2D eigenvalue weighted by molar-refractivity contribution is 8.12. The summed E-state index contributed by atoms with van der Waals surface area (Å²) in [5.41, 5.74) is 1.89. The van der Waals surface area contributed by atoms with Gasteiger partial charge in [-0.25, -0.2) is 0 Å². The predicted molar refractivity (Wildman–Crippen MR) is 57.4 cm³/mol. The molecule has 1 heterocycles. The molecule has 2 atom stereocenters. The number of aliphatic imine (C=N–C) groups is 1. The summed E-state index contributed by atoms with van der Waals surface area (Å²) in [6, 6.07) is 0.267. The van der Waals surface area contributed by atoms with Crippen LogP contribution in [0.1, 0.15) is 13.3 Å². The molecule has 0 fully saturated rings. The maximum Gasteiger partial charge on any atom is 0.0864 e. The zero-order valence-electron chi connectivity index (χ0n) is 7.72. The Morgan fingerprint density at radius 2 is 2.77 bits per heavy atom. The summed E-state index contributed by atoms with van der Waals surface area (Å²) in [5, 5.41) is 3.47. The molecule has 13 heavy (non-hydrogen) atoms. The number of ether oxygens (including phenoxy) is 1. The fourth-order valence-electron chi connectivity index (χ4n) is 1.22. The van der Waals surface area contributed by atoms with Crippen molar-refractivity contribution in [2.45, 2.75) is 25.5 Å². The number of thioether (sulfide) groups is 1. The van der Waals surface area contributed by atoms with Gasteiger partial charge in [0.25, 0.3) is 0 Å². The van der Waals surface area contributed by atoms with Crippen LogP contribution in [0.2, 0.25) is 0 Å². The van der Waals surface area contributed by atoms with Crippen LogP contribution in [-0.2, 0) is 4.74 Å². The maximum atomic E-state index is 5.55. The van der Waals surface area contributed by atoms with E-state index in [1.165, 1.54) is 0 Å². The van der Waals surface area contributed by atoms with Gasteiger partial charge in [-0.2, -0.15) is 5.10 Å². The van der Waals surface area contributed by atoms with Crippen LogP contribution < -0.4 is 5.84 Å². The number of hydrogen-bond donors (Lipinski definition) is 1. The summed E-state index contributed by atoms with van der Waals surface area (Å²) < 4.78 is 5.55. The molecular formula is C8H15N3OS. The van der Waals surface area contributed by atoms with Gasteiger partial charge in [0.1, 0.15) is 0 Å². The van der Waals surface area contributed by atoms with Crippen molar-refractivity contribution in [3.63, 3.8) is 0 Å². The Morgan fingerprint density at radius 1 is 1.92 bits per heavy atom. The van der Waals surface area contributed by atoms with Crippen LogP contribution in [-0.4, -0.2) is 36.3 Å². The fraction of sp³-hybridized carbons (Fsp3) is 0.750. The molecule has 5 heteroatoms. The Bertz CT molecular complexity index is 196. The topological polar surface area (TPSA) is 60.0 Å². The standard InChI is InChI=1S/C8H15N3OS/c1-2-12-8(3-4-11-9)7-5-13-6-10-7/h4,6-8H,2-3,5,9H2,1H3/b11-4+/t7?,8-/m0/s1. The van der Waals surface area contributed by atoms with E-state index >= 15 is 0 Å². The van der Waals surface area contributed by atoms with Crippen molar-refractivity contribution >= 4 is 23.5 Å². The van der Waals surface area contributed by atoms with Crippen molar-refractivity contribution in [1.29, 1.82) is 0 Å². The molecule has 4 nitrogen and oxygen atoms in total. The van der Waals surface area contributed by atoms with Gasteiger partial charge in [0.15, 0.2) is 0 Å².